The highest BCUT2D eigenvalue weighted by atomic mass is 19.1. The first-order valence-electron chi connectivity index (χ1n) is 6.08. The number of carbonyl (C=O) groups excluding carboxylic acids is 1. The van der Waals surface area contributed by atoms with Crippen LogP contribution in [0.3, 0.4) is 0 Å². The van der Waals surface area contributed by atoms with Crippen LogP contribution in [-0.2, 0) is 6.42 Å². The highest BCUT2D eigenvalue weighted by Crippen LogP contribution is 2.30. The van der Waals surface area contributed by atoms with Crippen molar-refractivity contribution in [2.45, 2.75) is 6.42 Å². The van der Waals surface area contributed by atoms with E-state index in [2.05, 4.69) is 4.98 Å². The summed E-state index contributed by atoms with van der Waals surface area (Å²) in [6.07, 6.45) is 1.89. The Bertz CT molecular complexity index is 703. The molecule has 0 spiro atoms. The fourth-order valence-electron chi connectivity index (χ4n) is 2.33. The van der Waals surface area contributed by atoms with Gasteiger partial charge in [0.05, 0.1) is 11.3 Å². The van der Waals surface area contributed by atoms with Gasteiger partial charge < -0.3 is 10.6 Å². The second-order valence-corrected chi connectivity index (χ2v) is 4.54. The van der Waals surface area contributed by atoms with Crippen molar-refractivity contribution >= 4 is 17.4 Å². The van der Waals surface area contributed by atoms with E-state index in [1.54, 1.807) is 6.07 Å². The number of amides is 1. The maximum absolute atomic E-state index is 13.9. The Morgan fingerprint density at radius 3 is 2.90 bits per heavy atom. The molecule has 102 valence electrons. The molecule has 1 aromatic heterocycles. The summed E-state index contributed by atoms with van der Waals surface area (Å²) in [5.74, 6) is -2.14. The lowest BCUT2D eigenvalue weighted by atomic mass is 10.1. The van der Waals surface area contributed by atoms with Gasteiger partial charge in [0.1, 0.15) is 5.82 Å². The van der Waals surface area contributed by atoms with Crippen molar-refractivity contribution in [3.8, 4) is 0 Å². The standard InChI is InChI=1S/C14H11F2N3O/c15-9-2-1-8-4-6-19(11(8)7-9)14(20)10-3-5-18-13(17)12(10)16/h1-3,5,7H,4,6H2,(H2,17,18). The van der Waals surface area contributed by atoms with Gasteiger partial charge >= 0.3 is 0 Å². The quantitative estimate of drug-likeness (QED) is 0.867. The first kappa shape index (κ1) is 12.5. The van der Waals surface area contributed by atoms with Crippen LogP contribution in [0.2, 0.25) is 0 Å². The molecule has 6 heteroatoms. The zero-order valence-corrected chi connectivity index (χ0v) is 10.4. The predicted octanol–water partition coefficient (Wildman–Crippen LogP) is 2.14. The van der Waals surface area contributed by atoms with Gasteiger partial charge in [-0.25, -0.2) is 13.8 Å². The lowest BCUT2D eigenvalue weighted by Crippen LogP contribution is -2.30. The Hall–Kier alpha value is -2.50. The molecule has 0 bridgehead atoms. The van der Waals surface area contributed by atoms with E-state index in [0.29, 0.717) is 18.7 Å². The lowest BCUT2D eigenvalue weighted by molar-refractivity contribution is 0.0985. The normalized spacial score (nSPS) is 13.4. The molecule has 1 amide bonds. The van der Waals surface area contributed by atoms with Crippen LogP contribution >= 0.6 is 0 Å². The molecule has 0 saturated carbocycles. The maximum atomic E-state index is 13.9. The maximum Gasteiger partial charge on any atom is 0.261 e. The monoisotopic (exact) mass is 275 g/mol. The summed E-state index contributed by atoms with van der Waals surface area (Å²) in [5.41, 5.74) is 6.54. The molecule has 0 fully saturated rings. The zero-order chi connectivity index (χ0) is 14.3. The number of hydrogen-bond donors (Lipinski definition) is 1. The number of pyridine rings is 1. The molecule has 0 saturated heterocycles. The van der Waals surface area contributed by atoms with Crippen LogP contribution < -0.4 is 10.6 Å². The van der Waals surface area contributed by atoms with E-state index in [9.17, 15) is 13.6 Å². The van der Waals surface area contributed by atoms with Crippen LogP contribution in [0.1, 0.15) is 15.9 Å². The molecule has 20 heavy (non-hydrogen) atoms. The van der Waals surface area contributed by atoms with Crippen molar-refractivity contribution in [1.82, 2.24) is 4.98 Å². The first-order chi connectivity index (χ1) is 9.58. The molecule has 0 aliphatic carbocycles. The molecule has 1 aliphatic heterocycles. The van der Waals surface area contributed by atoms with Gasteiger partial charge in [0.25, 0.3) is 5.91 Å². The summed E-state index contributed by atoms with van der Waals surface area (Å²) in [5, 5.41) is 0. The van der Waals surface area contributed by atoms with Crippen LogP contribution in [0.5, 0.6) is 0 Å². The highest BCUT2D eigenvalue weighted by molar-refractivity contribution is 6.07. The van der Waals surface area contributed by atoms with Gasteiger partial charge in [-0.1, -0.05) is 6.07 Å². The van der Waals surface area contributed by atoms with Crippen LogP contribution in [0.15, 0.2) is 30.5 Å². The highest BCUT2D eigenvalue weighted by Gasteiger charge is 2.28. The molecule has 2 heterocycles. The van der Waals surface area contributed by atoms with E-state index in [4.69, 9.17) is 5.73 Å². The number of nitrogens with zero attached hydrogens (tertiary/aromatic N) is 2. The van der Waals surface area contributed by atoms with Gasteiger partial charge in [-0.05, 0) is 30.2 Å². The second kappa shape index (κ2) is 4.56. The zero-order valence-electron chi connectivity index (χ0n) is 10.4. The van der Waals surface area contributed by atoms with E-state index in [0.717, 1.165) is 5.56 Å². The number of anilines is 2. The van der Waals surface area contributed by atoms with Crippen LogP contribution in [0.4, 0.5) is 20.3 Å². The molecule has 3 rings (SSSR count). The molecule has 0 atom stereocenters. The number of hydrogen-bond acceptors (Lipinski definition) is 3. The number of nitrogen functional groups attached to an aromatic ring is 1. The Morgan fingerprint density at radius 1 is 1.30 bits per heavy atom. The Labute approximate surface area is 113 Å². The Morgan fingerprint density at radius 2 is 2.10 bits per heavy atom. The van der Waals surface area contributed by atoms with E-state index in [1.807, 2.05) is 0 Å². The number of benzene rings is 1. The van der Waals surface area contributed by atoms with E-state index in [-0.39, 0.29) is 11.4 Å². The SMILES string of the molecule is Nc1nccc(C(=O)N2CCc3ccc(F)cc32)c1F. The Kier molecular flexibility index (Phi) is 2.85. The minimum absolute atomic E-state index is 0.158. The van der Waals surface area contributed by atoms with Crippen molar-refractivity contribution in [1.29, 1.82) is 0 Å². The summed E-state index contributed by atoms with van der Waals surface area (Å²) >= 11 is 0. The number of nitrogens with two attached hydrogens (primary N) is 1. The molecule has 1 aromatic carbocycles. The van der Waals surface area contributed by atoms with Crippen molar-refractivity contribution in [2.24, 2.45) is 0 Å². The number of aromatic nitrogens is 1. The summed E-state index contributed by atoms with van der Waals surface area (Å²) in [6.45, 7) is 0.388. The molecule has 0 unspecified atom stereocenters. The number of carbonyl (C=O) groups is 1. The third-order valence-electron chi connectivity index (χ3n) is 3.33. The number of rotatable bonds is 1. The predicted molar refractivity (Wildman–Crippen MR) is 70.4 cm³/mol. The smallest absolute Gasteiger partial charge is 0.261 e. The third kappa shape index (κ3) is 1.89. The number of fused-ring (bicyclic) bond motifs is 1. The largest absolute Gasteiger partial charge is 0.381 e. The molecular formula is C14H11F2N3O. The van der Waals surface area contributed by atoms with Crippen LogP contribution in [-0.4, -0.2) is 17.4 Å². The minimum Gasteiger partial charge on any atom is -0.381 e. The molecule has 2 N–H and O–H groups in total. The average molecular weight is 275 g/mol. The van der Waals surface area contributed by atoms with Crippen molar-refractivity contribution in [3.63, 3.8) is 0 Å². The third-order valence-corrected chi connectivity index (χ3v) is 3.33. The van der Waals surface area contributed by atoms with E-state index in [1.165, 1.54) is 29.3 Å². The topological polar surface area (TPSA) is 59.2 Å². The van der Waals surface area contributed by atoms with Crippen molar-refractivity contribution in [2.75, 3.05) is 17.2 Å². The fourth-order valence-corrected chi connectivity index (χ4v) is 2.33. The first-order valence-corrected chi connectivity index (χ1v) is 6.08. The van der Waals surface area contributed by atoms with E-state index < -0.39 is 17.5 Å². The molecule has 1 aliphatic rings. The summed E-state index contributed by atoms with van der Waals surface area (Å²) < 4.78 is 27.2. The molecular weight excluding hydrogens is 264 g/mol. The number of halogens is 2. The molecule has 0 radical (unpaired) electrons. The second-order valence-electron chi connectivity index (χ2n) is 4.54. The van der Waals surface area contributed by atoms with Gasteiger partial charge in [-0.3, -0.25) is 4.79 Å². The van der Waals surface area contributed by atoms with Crippen molar-refractivity contribution < 1.29 is 13.6 Å². The molecule has 2 aromatic rings. The average Bonchev–Trinajstić information content (AvgIpc) is 2.84. The van der Waals surface area contributed by atoms with Gasteiger partial charge in [0.2, 0.25) is 0 Å². The van der Waals surface area contributed by atoms with Gasteiger partial charge in [0.15, 0.2) is 11.6 Å². The van der Waals surface area contributed by atoms with Crippen molar-refractivity contribution in [3.05, 3.63) is 53.2 Å². The summed E-state index contributed by atoms with van der Waals surface area (Å²) in [4.78, 5) is 17.3. The van der Waals surface area contributed by atoms with Crippen LogP contribution in [0.25, 0.3) is 0 Å². The fraction of sp³-hybridized carbons (Fsp3) is 0.143. The van der Waals surface area contributed by atoms with Crippen LogP contribution in [0, 0.1) is 11.6 Å². The van der Waals surface area contributed by atoms with Gasteiger partial charge in [-0.2, -0.15) is 0 Å². The molecule has 4 nitrogen and oxygen atoms in total. The van der Waals surface area contributed by atoms with E-state index >= 15 is 0 Å². The summed E-state index contributed by atoms with van der Waals surface area (Å²) in [7, 11) is 0. The Balaban J connectivity index is 2.02. The lowest BCUT2D eigenvalue weighted by Gasteiger charge is -2.18. The van der Waals surface area contributed by atoms with Gasteiger partial charge in [-0.15, -0.1) is 0 Å². The minimum atomic E-state index is -0.845. The summed E-state index contributed by atoms with van der Waals surface area (Å²) in [6, 6.07) is 5.53. The van der Waals surface area contributed by atoms with Gasteiger partial charge in [0, 0.05) is 12.7 Å².